The van der Waals surface area contributed by atoms with E-state index >= 15 is 0 Å². The molecule has 2 N–H and O–H groups in total. The van der Waals surface area contributed by atoms with Crippen molar-refractivity contribution in [3.05, 3.63) is 0 Å². The van der Waals surface area contributed by atoms with E-state index < -0.39 is 10.2 Å². The van der Waals surface area contributed by atoms with E-state index in [1.165, 1.54) is 32.1 Å². The van der Waals surface area contributed by atoms with E-state index in [0.29, 0.717) is 38.1 Å². The topological polar surface area (TPSA) is 66.6 Å². The van der Waals surface area contributed by atoms with Crippen LogP contribution in [0.2, 0.25) is 0 Å². The van der Waals surface area contributed by atoms with Crippen LogP contribution >= 0.6 is 12.4 Å². The second-order valence-electron chi connectivity index (χ2n) is 8.07. The molecular formula is C16H32ClN3O2S. The molecule has 0 radical (unpaired) electrons. The minimum absolute atomic E-state index is 0. The quantitative estimate of drug-likeness (QED) is 0.834. The minimum Gasteiger partial charge on any atom is -0.330 e. The fraction of sp³-hybridized carbons (Fsp3) is 1.00. The highest BCUT2D eigenvalue weighted by Crippen LogP contribution is 2.45. The van der Waals surface area contributed by atoms with Crippen molar-refractivity contribution in [1.82, 2.24) is 8.61 Å². The molecule has 0 aromatic carbocycles. The van der Waals surface area contributed by atoms with E-state index in [2.05, 4.69) is 6.92 Å². The lowest BCUT2D eigenvalue weighted by Gasteiger charge is -2.44. The van der Waals surface area contributed by atoms with Crippen LogP contribution in [0, 0.1) is 10.8 Å². The first kappa shape index (κ1) is 19.4. The van der Waals surface area contributed by atoms with Crippen LogP contribution in [0.4, 0.5) is 0 Å². The normalized spacial score (nSPS) is 32.8. The molecule has 3 aliphatic rings. The van der Waals surface area contributed by atoms with Gasteiger partial charge in [-0.1, -0.05) is 26.2 Å². The Hall–Kier alpha value is 0.120. The Bertz CT molecular complexity index is 497. The van der Waals surface area contributed by atoms with Crippen molar-refractivity contribution in [3.63, 3.8) is 0 Å². The van der Waals surface area contributed by atoms with Gasteiger partial charge in [0.15, 0.2) is 0 Å². The molecule has 7 heteroatoms. The van der Waals surface area contributed by atoms with Crippen LogP contribution in [0.3, 0.4) is 0 Å². The van der Waals surface area contributed by atoms with Gasteiger partial charge in [-0.05, 0) is 49.5 Å². The van der Waals surface area contributed by atoms with Crippen molar-refractivity contribution in [2.75, 3.05) is 32.7 Å². The molecule has 0 amide bonds. The fourth-order valence-electron chi connectivity index (χ4n) is 4.50. The number of nitrogens with zero attached hydrogens (tertiary/aromatic N) is 2. The third kappa shape index (κ3) is 3.87. The molecule has 0 aromatic heterocycles. The van der Waals surface area contributed by atoms with Crippen LogP contribution in [0.5, 0.6) is 0 Å². The molecule has 3 rings (SSSR count). The molecule has 2 saturated heterocycles. The van der Waals surface area contributed by atoms with E-state index in [1.807, 2.05) is 0 Å². The Kier molecular flexibility index (Phi) is 6.05. The van der Waals surface area contributed by atoms with Crippen molar-refractivity contribution in [2.24, 2.45) is 16.6 Å². The van der Waals surface area contributed by atoms with Crippen LogP contribution in [0.1, 0.15) is 58.3 Å². The SMILES string of the molecule is CC1(CN)CCN(S(=O)(=O)N2CCC3(CCCCC3)CC2)C1.Cl. The monoisotopic (exact) mass is 365 g/mol. The van der Waals surface area contributed by atoms with Crippen molar-refractivity contribution < 1.29 is 8.42 Å². The lowest BCUT2D eigenvalue weighted by atomic mass is 9.68. The molecule has 1 atom stereocenters. The Morgan fingerprint density at radius 1 is 0.913 bits per heavy atom. The zero-order valence-corrected chi connectivity index (χ0v) is 15.9. The van der Waals surface area contributed by atoms with Gasteiger partial charge in [-0.3, -0.25) is 0 Å². The van der Waals surface area contributed by atoms with Crippen LogP contribution in [-0.2, 0) is 10.2 Å². The Balaban J connectivity index is 0.00000192. The van der Waals surface area contributed by atoms with E-state index in [4.69, 9.17) is 5.73 Å². The van der Waals surface area contributed by atoms with E-state index in [9.17, 15) is 8.42 Å². The van der Waals surface area contributed by atoms with Gasteiger partial charge in [0.1, 0.15) is 0 Å². The summed E-state index contributed by atoms with van der Waals surface area (Å²) in [6.07, 6.45) is 9.59. The van der Waals surface area contributed by atoms with Crippen LogP contribution in [0.25, 0.3) is 0 Å². The standard InChI is InChI=1S/C16H31N3O2S.ClH/c1-15(13-17)7-10-19(14-15)22(20,21)18-11-8-16(9-12-18)5-3-2-4-6-16;/h2-14,17H2,1H3;1H. The fourth-order valence-corrected chi connectivity index (χ4v) is 6.27. The molecule has 1 unspecified atom stereocenters. The number of rotatable bonds is 3. The predicted octanol–water partition coefficient (Wildman–Crippen LogP) is 2.37. The van der Waals surface area contributed by atoms with E-state index in [0.717, 1.165) is 19.3 Å². The van der Waals surface area contributed by atoms with Gasteiger partial charge in [0.25, 0.3) is 10.2 Å². The Labute approximate surface area is 147 Å². The zero-order valence-electron chi connectivity index (χ0n) is 14.3. The van der Waals surface area contributed by atoms with Gasteiger partial charge in [0.2, 0.25) is 0 Å². The van der Waals surface area contributed by atoms with Gasteiger partial charge in [0, 0.05) is 26.2 Å². The number of hydrogen-bond donors (Lipinski definition) is 1. The smallest absolute Gasteiger partial charge is 0.281 e. The largest absolute Gasteiger partial charge is 0.330 e. The van der Waals surface area contributed by atoms with Crippen LogP contribution < -0.4 is 5.73 Å². The average Bonchev–Trinajstić information content (AvgIpc) is 2.93. The lowest BCUT2D eigenvalue weighted by molar-refractivity contribution is 0.0996. The van der Waals surface area contributed by atoms with Crippen LogP contribution in [0.15, 0.2) is 0 Å². The summed E-state index contributed by atoms with van der Waals surface area (Å²) in [6, 6.07) is 0. The molecule has 2 heterocycles. The molecule has 1 aliphatic carbocycles. The second-order valence-corrected chi connectivity index (χ2v) is 9.99. The Morgan fingerprint density at radius 3 is 2.00 bits per heavy atom. The average molecular weight is 366 g/mol. The van der Waals surface area contributed by atoms with Crippen molar-refractivity contribution in [1.29, 1.82) is 0 Å². The number of nitrogens with two attached hydrogens (primary N) is 1. The molecule has 1 spiro atoms. The van der Waals surface area contributed by atoms with E-state index in [1.54, 1.807) is 8.61 Å². The summed E-state index contributed by atoms with van der Waals surface area (Å²) in [5.41, 5.74) is 6.21. The first-order valence-electron chi connectivity index (χ1n) is 8.85. The Morgan fingerprint density at radius 2 is 1.48 bits per heavy atom. The molecule has 23 heavy (non-hydrogen) atoms. The summed E-state index contributed by atoms with van der Waals surface area (Å²) in [5, 5.41) is 0. The lowest BCUT2D eigenvalue weighted by Crippen LogP contribution is -2.49. The molecule has 136 valence electrons. The zero-order chi connectivity index (χ0) is 15.8. The van der Waals surface area contributed by atoms with Crippen LogP contribution in [-0.4, -0.2) is 49.8 Å². The van der Waals surface area contributed by atoms with Crippen molar-refractivity contribution in [2.45, 2.75) is 58.3 Å². The maximum absolute atomic E-state index is 12.9. The third-order valence-electron chi connectivity index (χ3n) is 6.37. The van der Waals surface area contributed by atoms with Crippen molar-refractivity contribution >= 4 is 22.6 Å². The summed E-state index contributed by atoms with van der Waals surface area (Å²) in [7, 11) is -3.29. The number of halogens is 1. The summed E-state index contributed by atoms with van der Waals surface area (Å²) in [4.78, 5) is 0. The highest BCUT2D eigenvalue weighted by Gasteiger charge is 2.44. The molecular weight excluding hydrogens is 334 g/mol. The van der Waals surface area contributed by atoms with Gasteiger partial charge in [-0.25, -0.2) is 0 Å². The summed E-state index contributed by atoms with van der Waals surface area (Å²) in [6.45, 7) is 5.26. The molecule has 0 aromatic rings. The molecule has 3 fully saturated rings. The number of hydrogen-bond acceptors (Lipinski definition) is 3. The first-order chi connectivity index (χ1) is 10.4. The van der Waals surface area contributed by atoms with Gasteiger partial charge < -0.3 is 5.73 Å². The maximum Gasteiger partial charge on any atom is 0.281 e. The molecule has 1 saturated carbocycles. The second kappa shape index (κ2) is 7.16. The highest BCUT2D eigenvalue weighted by molar-refractivity contribution is 7.86. The van der Waals surface area contributed by atoms with Gasteiger partial charge in [-0.2, -0.15) is 17.0 Å². The molecule has 0 bridgehead atoms. The first-order valence-corrected chi connectivity index (χ1v) is 10.2. The van der Waals surface area contributed by atoms with Crippen molar-refractivity contribution in [3.8, 4) is 0 Å². The third-order valence-corrected chi connectivity index (χ3v) is 8.35. The molecule has 2 aliphatic heterocycles. The predicted molar refractivity (Wildman–Crippen MR) is 95.8 cm³/mol. The molecule has 5 nitrogen and oxygen atoms in total. The van der Waals surface area contributed by atoms with Gasteiger partial charge in [0.05, 0.1) is 0 Å². The summed E-state index contributed by atoms with van der Waals surface area (Å²) < 4.78 is 29.1. The highest BCUT2D eigenvalue weighted by atomic mass is 35.5. The maximum atomic E-state index is 12.9. The number of piperidine rings is 1. The van der Waals surface area contributed by atoms with Gasteiger partial charge >= 0.3 is 0 Å². The van der Waals surface area contributed by atoms with E-state index in [-0.39, 0.29) is 17.8 Å². The summed E-state index contributed by atoms with van der Waals surface area (Å²) >= 11 is 0. The minimum atomic E-state index is -3.29. The van der Waals surface area contributed by atoms with Gasteiger partial charge in [-0.15, -0.1) is 12.4 Å². The summed E-state index contributed by atoms with van der Waals surface area (Å²) in [5.74, 6) is 0.